The van der Waals surface area contributed by atoms with Gasteiger partial charge in [-0.15, -0.1) is 0 Å². The summed E-state index contributed by atoms with van der Waals surface area (Å²) in [6.45, 7) is 3.92. The van der Waals surface area contributed by atoms with Crippen LogP contribution in [0.1, 0.15) is 19.4 Å². The van der Waals surface area contributed by atoms with E-state index in [4.69, 9.17) is 4.74 Å². The van der Waals surface area contributed by atoms with Gasteiger partial charge < -0.3 is 4.74 Å². The third-order valence-corrected chi connectivity index (χ3v) is 2.35. The van der Waals surface area contributed by atoms with Gasteiger partial charge in [0.25, 0.3) is 0 Å². The van der Waals surface area contributed by atoms with Gasteiger partial charge in [-0.1, -0.05) is 32.0 Å². The molecule has 1 aromatic carbocycles. The van der Waals surface area contributed by atoms with Crippen LogP contribution in [0, 0.1) is 5.92 Å². The second kappa shape index (κ2) is 3.85. The molecule has 0 fully saturated rings. The molecule has 1 aliphatic heterocycles. The molecular formula is C12H13NO2. The third-order valence-electron chi connectivity index (χ3n) is 2.35. The molecule has 0 amide bonds. The Labute approximate surface area is 88.8 Å². The fourth-order valence-corrected chi connectivity index (χ4v) is 1.50. The summed E-state index contributed by atoms with van der Waals surface area (Å²) < 4.78 is 5.13. The van der Waals surface area contributed by atoms with Crippen LogP contribution in [-0.4, -0.2) is 17.9 Å². The Morgan fingerprint density at radius 3 is 2.47 bits per heavy atom. The highest BCUT2D eigenvalue weighted by Crippen LogP contribution is 2.18. The van der Waals surface area contributed by atoms with Crippen LogP contribution in [0.4, 0.5) is 0 Å². The van der Waals surface area contributed by atoms with Gasteiger partial charge in [0.15, 0.2) is 6.04 Å². The van der Waals surface area contributed by atoms with Gasteiger partial charge in [-0.05, 0) is 18.1 Å². The van der Waals surface area contributed by atoms with Crippen molar-refractivity contribution >= 4 is 11.9 Å². The predicted molar refractivity (Wildman–Crippen MR) is 57.7 cm³/mol. The minimum Gasteiger partial charge on any atom is -0.406 e. The van der Waals surface area contributed by atoms with Crippen molar-refractivity contribution in [2.45, 2.75) is 19.9 Å². The number of rotatable bonds is 2. The highest BCUT2D eigenvalue weighted by Gasteiger charge is 2.31. The summed E-state index contributed by atoms with van der Waals surface area (Å²) in [4.78, 5) is 15.7. The molecule has 0 N–H and O–H groups in total. The predicted octanol–water partition coefficient (Wildman–Crippen LogP) is 2.01. The Hall–Kier alpha value is -1.64. The van der Waals surface area contributed by atoms with Crippen molar-refractivity contribution in [3.8, 4) is 0 Å². The number of cyclic esters (lactones) is 1. The van der Waals surface area contributed by atoms with E-state index in [2.05, 4.69) is 4.99 Å². The molecule has 78 valence electrons. The third kappa shape index (κ3) is 1.91. The van der Waals surface area contributed by atoms with Crippen molar-refractivity contribution in [3.63, 3.8) is 0 Å². The molecule has 1 aliphatic rings. The number of carbonyl (C=O) groups excluding carboxylic acids is 1. The van der Waals surface area contributed by atoms with Crippen molar-refractivity contribution in [1.82, 2.24) is 0 Å². The van der Waals surface area contributed by atoms with Gasteiger partial charge >= 0.3 is 5.97 Å². The standard InChI is InChI=1S/C12H13NO2/c1-8(2)10-12(14)15-11(13-10)9-6-4-3-5-7-9/h3-8,10H,1-2H3/t10-/m0/s1. The number of nitrogens with zero attached hydrogens (tertiary/aromatic N) is 1. The molecule has 0 aromatic heterocycles. The summed E-state index contributed by atoms with van der Waals surface area (Å²) in [6, 6.07) is 9.13. The monoisotopic (exact) mass is 203 g/mol. The largest absolute Gasteiger partial charge is 0.406 e. The van der Waals surface area contributed by atoms with Crippen LogP contribution in [0.25, 0.3) is 0 Å². The maximum atomic E-state index is 11.5. The molecular weight excluding hydrogens is 190 g/mol. The van der Waals surface area contributed by atoms with Gasteiger partial charge in [0, 0.05) is 5.56 Å². The van der Waals surface area contributed by atoms with E-state index in [1.54, 1.807) is 0 Å². The zero-order valence-corrected chi connectivity index (χ0v) is 8.81. The highest BCUT2D eigenvalue weighted by atomic mass is 16.6. The maximum absolute atomic E-state index is 11.5. The van der Waals surface area contributed by atoms with Gasteiger partial charge in [0.2, 0.25) is 5.90 Å². The van der Waals surface area contributed by atoms with Crippen molar-refractivity contribution in [2.24, 2.45) is 10.9 Å². The summed E-state index contributed by atoms with van der Waals surface area (Å²) in [5, 5.41) is 0. The van der Waals surface area contributed by atoms with Crippen LogP contribution >= 0.6 is 0 Å². The summed E-state index contributed by atoms with van der Waals surface area (Å²) in [5.74, 6) is 0.377. The summed E-state index contributed by atoms with van der Waals surface area (Å²) in [6.07, 6.45) is 0. The lowest BCUT2D eigenvalue weighted by Crippen LogP contribution is -2.20. The minimum absolute atomic E-state index is 0.179. The molecule has 1 heterocycles. The van der Waals surface area contributed by atoms with E-state index >= 15 is 0 Å². The fourth-order valence-electron chi connectivity index (χ4n) is 1.50. The van der Waals surface area contributed by atoms with Crippen LogP contribution in [-0.2, 0) is 9.53 Å². The van der Waals surface area contributed by atoms with E-state index in [0.29, 0.717) is 5.90 Å². The number of benzene rings is 1. The Kier molecular flexibility index (Phi) is 2.54. The second-order valence-electron chi connectivity index (χ2n) is 3.91. The SMILES string of the molecule is CC(C)[C@@H]1N=C(c2ccccc2)OC1=O. The average molecular weight is 203 g/mol. The molecule has 0 bridgehead atoms. The molecule has 0 saturated heterocycles. The first-order valence-electron chi connectivity index (χ1n) is 5.03. The Bertz CT molecular complexity index is 395. The van der Waals surface area contributed by atoms with Gasteiger partial charge in [-0.25, -0.2) is 9.79 Å². The molecule has 3 nitrogen and oxygen atoms in total. The minimum atomic E-state index is -0.347. The Morgan fingerprint density at radius 1 is 1.27 bits per heavy atom. The van der Waals surface area contributed by atoms with Gasteiger partial charge in [-0.3, -0.25) is 0 Å². The van der Waals surface area contributed by atoms with Crippen LogP contribution in [0.2, 0.25) is 0 Å². The zero-order chi connectivity index (χ0) is 10.8. The van der Waals surface area contributed by atoms with Crippen molar-refractivity contribution in [1.29, 1.82) is 0 Å². The highest BCUT2D eigenvalue weighted by molar-refractivity contribution is 6.06. The normalized spacial score (nSPS) is 20.3. The number of carbonyl (C=O) groups is 1. The molecule has 0 aliphatic carbocycles. The molecule has 3 heteroatoms. The number of hydrogen-bond acceptors (Lipinski definition) is 3. The number of hydrogen-bond donors (Lipinski definition) is 0. The van der Waals surface area contributed by atoms with Crippen molar-refractivity contribution in [2.75, 3.05) is 0 Å². The van der Waals surface area contributed by atoms with Crippen LogP contribution in [0.3, 0.4) is 0 Å². The van der Waals surface area contributed by atoms with E-state index in [1.807, 2.05) is 44.2 Å². The van der Waals surface area contributed by atoms with E-state index in [1.165, 1.54) is 0 Å². The topological polar surface area (TPSA) is 38.7 Å². The molecule has 1 atom stereocenters. The molecule has 1 aromatic rings. The van der Waals surface area contributed by atoms with Crippen LogP contribution < -0.4 is 0 Å². The maximum Gasteiger partial charge on any atom is 0.338 e. The lowest BCUT2D eigenvalue weighted by atomic mass is 10.1. The number of aliphatic imine (C=N–C) groups is 1. The first-order chi connectivity index (χ1) is 7.18. The lowest BCUT2D eigenvalue weighted by Gasteiger charge is -2.04. The first kappa shape index (κ1) is 9.90. The van der Waals surface area contributed by atoms with E-state index in [-0.39, 0.29) is 17.9 Å². The Balaban J connectivity index is 2.27. The summed E-state index contributed by atoms with van der Waals surface area (Å²) in [5.41, 5.74) is 0.856. The van der Waals surface area contributed by atoms with Crippen molar-refractivity contribution in [3.05, 3.63) is 35.9 Å². The van der Waals surface area contributed by atoms with Gasteiger partial charge in [0.05, 0.1) is 0 Å². The summed E-state index contributed by atoms with van der Waals surface area (Å²) >= 11 is 0. The number of ether oxygens (including phenoxy) is 1. The Morgan fingerprint density at radius 2 is 1.93 bits per heavy atom. The first-order valence-corrected chi connectivity index (χ1v) is 5.03. The van der Waals surface area contributed by atoms with E-state index in [0.717, 1.165) is 5.56 Å². The van der Waals surface area contributed by atoms with Crippen LogP contribution in [0.5, 0.6) is 0 Å². The van der Waals surface area contributed by atoms with Crippen LogP contribution in [0.15, 0.2) is 35.3 Å². The molecule has 0 spiro atoms. The molecule has 0 radical (unpaired) electrons. The fraction of sp³-hybridized carbons (Fsp3) is 0.333. The van der Waals surface area contributed by atoms with E-state index in [9.17, 15) is 4.79 Å². The quantitative estimate of drug-likeness (QED) is 0.690. The molecule has 0 saturated carbocycles. The summed E-state index contributed by atoms with van der Waals surface area (Å²) in [7, 11) is 0. The molecule has 15 heavy (non-hydrogen) atoms. The smallest absolute Gasteiger partial charge is 0.338 e. The van der Waals surface area contributed by atoms with Crippen molar-refractivity contribution < 1.29 is 9.53 Å². The molecule has 2 rings (SSSR count). The van der Waals surface area contributed by atoms with E-state index < -0.39 is 0 Å². The lowest BCUT2D eigenvalue weighted by molar-refractivity contribution is -0.135. The second-order valence-corrected chi connectivity index (χ2v) is 3.91. The zero-order valence-electron chi connectivity index (χ0n) is 8.81. The van der Waals surface area contributed by atoms with Gasteiger partial charge in [-0.2, -0.15) is 0 Å². The number of esters is 1. The average Bonchev–Trinajstić information content (AvgIpc) is 2.62. The van der Waals surface area contributed by atoms with Gasteiger partial charge in [0.1, 0.15) is 0 Å². The molecule has 0 unspecified atom stereocenters.